The normalized spacial score (nSPS) is 10.0. The van der Waals surface area contributed by atoms with Gasteiger partial charge in [0.1, 0.15) is 5.00 Å². The third-order valence-corrected chi connectivity index (χ3v) is 3.17. The van der Waals surface area contributed by atoms with E-state index in [1.807, 2.05) is 40.5 Å². The maximum absolute atomic E-state index is 11.1. The summed E-state index contributed by atoms with van der Waals surface area (Å²) in [6.45, 7) is 3.95. The second kappa shape index (κ2) is 4.81. The molecule has 1 amide bonds. The minimum atomic E-state index is -0.148. The molecule has 0 fully saturated rings. The van der Waals surface area contributed by atoms with Crippen LogP contribution in [0.4, 0.5) is 0 Å². The summed E-state index contributed by atoms with van der Waals surface area (Å²) in [5, 5.41) is 5.93. The average Bonchev–Trinajstić information content (AvgIpc) is 2.95. The molecule has 0 aromatic carbocycles. The number of rotatable bonds is 4. The number of hydrogen-bond donors (Lipinski definition) is 1. The van der Waals surface area contributed by atoms with Gasteiger partial charge < -0.3 is 9.88 Å². The number of carbonyl (C=O) groups is 1. The van der Waals surface area contributed by atoms with Crippen molar-refractivity contribution in [2.45, 2.75) is 6.54 Å². The molecular weight excluding hydrogens is 220 g/mol. The van der Waals surface area contributed by atoms with E-state index in [9.17, 15) is 4.79 Å². The van der Waals surface area contributed by atoms with Gasteiger partial charge in [0.15, 0.2) is 0 Å². The smallest absolute Gasteiger partial charge is 0.243 e. The maximum Gasteiger partial charge on any atom is 0.243 e. The van der Waals surface area contributed by atoms with Crippen LogP contribution in [-0.2, 0) is 11.3 Å². The van der Waals surface area contributed by atoms with Gasteiger partial charge in [0.05, 0.1) is 0 Å². The molecule has 82 valence electrons. The van der Waals surface area contributed by atoms with Gasteiger partial charge in [0.2, 0.25) is 5.91 Å². The number of carbonyl (C=O) groups excluding carboxylic acids is 1. The van der Waals surface area contributed by atoms with Gasteiger partial charge in [-0.25, -0.2) is 0 Å². The molecule has 0 aliphatic heterocycles. The highest BCUT2D eigenvalue weighted by molar-refractivity contribution is 7.12. The van der Waals surface area contributed by atoms with Gasteiger partial charge >= 0.3 is 0 Å². The molecule has 16 heavy (non-hydrogen) atoms. The highest BCUT2D eigenvalue weighted by atomic mass is 32.1. The van der Waals surface area contributed by atoms with E-state index in [4.69, 9.17) is 0 Å². The van der Waals surface area contributed by atoms with Gasteiger partial charge in [-0.05, 0) is 29.7 Å². The Kier molecular flexibility index (Phi) is 3.22. The lowest BCUT2D eigenvalue weighted by molar-refractivity contribution is -0.116. The molecule has 0 radical (unpaired) electrons. The molecule has 0 bridgehead atoms. The van der Waals surface area contributed by atoms with Crippen molar-refractivity contribution in [1.29, 1.82) is 0 Å². The Labute approximate surface area is 98.0 Å². The fourth-order valence-electron chi connectivity index (χ4n) is 1.41. The monoisotopic (exact) mass is 232 g/mol. The molecule has 2 heterocycles. The number of nitrogens with zero attached hydrogens (tertiary/aromatic N) is 1. The lowest BCUT2D eigenvalue weighted by Crippen LogP contribution is -2.20. The van der Waals surface area contributed by atoms with Crippen molar-refractivity contribution < 1.29 is 4.79 Å². The molecule has 0 spiro atoms. The summed E-state index contributed by atoms with van der Waals surface area (Å²) in [6, 6.07) is 5.97. The Hall–Kier alpha value is -1.81. The number of amides is 1. The second-order valence-electron chi connectivity index (χ2n) is 3.26. The molecule has 0 aliphatic carbocycles. The second-order valence-corrected chi connectivity index (χ2v) is 4.16. The van der Waals surface area contributed by atoms with Gasteiger partial charge in [0.25, 0.3) is 0 Å². The maximum atomic E-state index is 11.1. The Morgan fingerprint density at radius 2 is 2.25 bits per heavy atom. The molecular formula is C12H12N2OS. The first-order valence-electron chi connectivity index (χ1n) is 4.91. The van der Waals surface area contributed by atoms with E-state index >= 15 is 0 Å². The molecule has 2 aromatic heterocycles. The SMILES string of the molecule is C=CC(=O)NCc1ccsc1-n1cccc1. The van der Waals surface area contributed by atoms with E-state index in [-0.39, 0.29) is 5.91 Å². The van der Waals surface area contributed by atoms with E-state index in [0.717, 1.165) is 10.6 Å². The minimum Gasteiger partial charge on any atom is -0.348 e. The fourth-order valence-corrected chi connectivity index (χ4v) is 2.31. The Balaban J connectivity index is 2.14. The Morgan fingerprint density at radius 3 is 2.94 bits per heavy atom. The van der Waals surface area contributed by atoms with Crippen LogP contribution in [0, 0.1) is 0 Å². The standard InChI is InChI=1S/C12H12N2OS/c1-2-11(15)13-9-10-5-8-16-12(10)14-6-3-4-7-14/h2-8H,1,9H2,(H,13,15). The summed E-state index contributed by atoms with van der Waals surface area (Å²) in [6.07, 6.45) is 5.26. The van der Waals surface area contributed by atoms with Gasteiger partial charge in [-0.3, -0.25) is 4.79 Å². The van der Waals surface area contributed by atoms with Gasteiger partial charge in [0, 0.05) is 24.5 Å². The van der Waals surface area contributed by atoms with Crippen molar-refractivity contribution in [3.8, 4) is 5.00 Å². The Bertz CT molecular complexity index is 485. The summed E-state index contributed by atoms with van der Waals surface area (Å²) in [4.78, 5) is 11.1. The molecule has 3 nitrogen and oxygen atoms in total. The van der Waals surface area contributed by atoms with Crippen LogP contribution in [0.5, 0.6) is 0 Å². The zero-order valence-electron chi connectivity index (χ0n) is 8.72. The summed E-state index contributed by atoms with van der Waals surface area (Å²) < 4.78 is 2.04. The summed E-state index contributed by atoms with van der Waals surface area (Å²) >= 11 is 1.65. The lowest BCUT2D eigenvalue weighted by Gasteiger charge is -2.05. The van der Waals surface area contributed by atoms with Crippen LogP contribution in [-0.4, -0.2) is 10.5 Å². The topological polar surface area (TPSA) is 34.0 Å². The zero-order chi connectivity index (χ0) is 11.4. The van der Waals surface area contributed by atoms with Crippen molar-refractivity contribution in [1.82, 2.24) is 9.88 Å². The van der Waals surface area contributed by atoms with Crippen molar-refractivity contribution in [3.05, 3.63) is 54.2 Å². The van der Waals surface area contributed by atoms with E-state index in [1.165, 1.54) is 6.08 Å². The van der Waals surface area contributed by atoms with Crippen LogP contribution >= 0.6 is 11.3 Å². The number of thiophene rings is 1. The number of aromatic nitrogens is 1. The molecule has 0 aliphatic rings. The van der Waals surface area contributed by atoms with Crippen LogP contribution < -0.4 is 5.32 Å². The van der Waals surface area contributed by atoms with E-state index in [1.54, 1.807) is 11.3 Å². The van der Waals surface area contributed by atoms with Crippen molar-refractivity contribution in [2.24, 2.45) is 0 Å². The average molecular weight is 232 g/mol. The molecule has 0 saturated carbocycles. The van der Waals surface area contributed by atoms with Crippen LogP contribution in [0.1, 0.15) is 5.56 Å². The largest absolute Gasteiger partial charge is 0.348 e. The summed E-state index contributed by atoms with van der Waals surface area (Å²) in [5.41, 5.74) is 1.11. The molecule has 2 rings (SSSR count). The van der Waals surface area contributed by atoms with Gasteiger partial charge in [-0.1, -0.05) is 6.58 Å². The molecule has 0 saturated heterocycles. The van der Waals surface area contributed by atoms with Gasteiger partial charge in [-0.15, -0.1) is 11.3 Å². The highest BCUT2D eigenvalue weighted by Gasteiger charge is 2.05. The summed E-state index contributed by atoms with van der Waals surface area (Å²) in [7, 11) is 0. The minimum absolute atomic E-state index is 0.148. The van der Waals surface area contributed by atoms with Gasteiger partial charge in [-0.2, -0.15) is 0 Å². The van der Waals surface area contributed by atoms with Crippen LogP contribution in [0.2, 0.25) is 0 Å². The Morgan fingerprint density at radius 1 is 1.50 bits per heavy atom. The molecule has 2 aromatic rings. The quantitative estimate of drug-likeness (QED) is 0.807. The van der Waals surface area contributed by atoms with Crippen molar-refractivity contribution in [2.75, 3.05) is 0 Å². The zero-order valence-corrected chi connectivity index (χ0v) is 9.54. The third kappa shape index (κ3) is 2.23. The molecule has 0 unspecified atom stereocenters. The first-order valence-corrected chi connectivity index (χ1v) is 5.79. The molecule has 0 atom stereocenters. The van der Waals surface area contributed by atoms with Crippen LogP contribution in [0.3, 0.4) is 0 Å². The molecule has 4 heteroatoms. The lowest BCUT2D eigenvalue weighted by atomic mass is 10.3. The van der Waals surface area contributed by atoms with Crippen LogP contribution in [0.25, 0.3) is 5.00 Å². The first kappa shape index (κ1) is 10.7. The van der Waals surface area contributed by atoms with Crippen molar-refractivity contribution in [3.63, 3.8) is 0 Å². The van der Waals surface area contributed by atoms with E-state index in [0.29, 0.717) is 6.54 Å². The first-order chi connectivity index (χ1) is 7.81. The van der Waals surface area contributed by atoms with Crippen LogP contribution in [0.15, 0.2) is 48.6 Å². The van der Waals surface area contributed by atoms with E-state index < -0.39 is 0 Å². The highest BCUT2D eigenvalue weighted by Crippen LogP contribution is 2.21. The van der Waals surface area contributed by atoms with E-state index in [2.05, 4.69) is 11.9 Å². The predicted molar refractivity (Wildman–Crippen MR) is 65.7 cm³/mol. The predicted octanol–water partition coefficient (Wildman–Crippen LogP) is 2.34. The summed E-state index contributed by atoms with van der Waals surface area (Å²) in [5.74, 6) is -0.148. The number of nitrogens with one attached hydrogen (secondary N) is 1. The fraction of sp³-hybridized carbons (Fsp3) is 0.0833. The number of hydrogen-bond acceptors (Lipinski definition) is 2. The van der Waals surface area contributed by atoms with Crippen molar-refractivity contribution >= 4 is 17.2 Å². The third-order valence-electron chi connectivity index (χ3n) is 2.20. The molecule has 1 N–H and O–H groups in total.